The molecule has 112 valence electrons. The SMILES string of the molecule is COc1ccc2oc(C(=O)Nc3cccc(Cl)c3Cl)cc2c1. The fraction of sp³-hybridized carbons (Fsp3) is 0.0625. The molecule has 4 nitrogen and oxygen atoms in total. The van der Waals surface area contributed by atoms with Gasteiger partial charge in [-0.15, -0.1) is 0 Å². The Kier molecular flexibility index (Phi) is 3.96. The van der Waals surface area contributed by atoms with Crippen LogP contribution in [0.3, 0.4) is 0 Å². The summed E-state index contributed by atoms with van der Waals surface area (Å²) in [7, 11) is 1.58. The van der Waals surface area contributed by atoms with Crippen molar-refractivity contribution in [3.63, 3.8) is 0 Å². The van der Waals surface area contributed by atoms with Crippen LogP contribution in [0.4, 0.5) is 5.69 Å². The fourth-order valence-electron chi connectivity index (χ4n) is 2.04. The number of carbonyl (C=O) groups excluding carboxylic acids is 1. The van der Waals surface area contributed by atoms with Crippen LogP contribution < -0.4 is 10.1 Å². The van der Waals surface area contributed by atoms with Crippen molar-refractivity contribution in [1.29, 1.82) is 0 Å². The summed E-state index contributed by atoms with van der Waals surface area (Å²) in [5.74, 6) is 0.469. The number of methoxy groups -OCH3 is 1. The van der Waals surface area contributed by atoms with Gasteiger partial charge in [-0.25, -0.2) is 0 Å². The Morgan fingerprint density at radius 3 is 2.77 bits per heavy atom. The largest absolute Gasteiger partial charge is 0.497 e. The minimum absolute atomic E-state index is 0.180. The van der Waals surface area contributed by atoms with E-state index in [2.05, 4.69) is 5.32 Å². The van der Waals surface area contributed by atoms with Crippen molar-refractivity contribution >= 4 is 45.8 Å². The van der Waals surface area contributed by atoms with Gasteiger partial charge in [0.15, 0.2) is 5.76 Å². The summed E-state index contributed by atoms with van der Waals surface area (Å²) < 4.78 is 10.7. The molecule has 0 aliphatic heterocycles. The highest BCUT2D eigenvalue weighted by molar-refractivity contribution is 6.44. The number of amides is 1. The quantitative estimate of drug-likeness (QED) is 0.732. The van der Waals surface area contributed by atoms with Gasteiger partial charge in [0.1, 0.15) is 11.3 Å². The Labute approximate surface area is 136 Å². The van der Waals surface area contributed by atoms with Gasteiger partial charge < -0.3 is 14.5 Å². The molecule has 0 saturated heterocycles. The first-order valence-corrected chi connectivity index (χ1v) is 7.17. The zero-order valence-corrected chi connectivity index (χ0v) is 13.0. The molecule has 6 heteroatoms. The second-order valence-electron chi connectivity index (χ2n) is 4.57. The Morgan fingerprint density at radius 2 is 2.00 bits per heavy atom. The number of halogens is 2. The molecule has 1 heterocycles. The molecular formula is C16H11Cl2NO3. The van der Waals surface area contributed by atoms with Crippen LogP contribution >= 0.6 is 23.2 Å². The lowest BCUT2D eigenvalue weighted by Crippen LogP contribution is -2.11. The lowest BCUT2D eigenvalue weighted by atomic mass is 10.2. The van der Waals surface area contributed by atoms with E-state index in [-0.39, 0.29) is 10.8 Å². The topological polar surface area (TPSA) is 51.5 Å². The van der Waals surface area contributed by atoms with Crippen LogP contribution in [-0.2, 0) is 0 Å². The van der Waals surface area contributed by atoms with E-state index < -0.39 is 5.91 Å². The van der Waals surface area contributed by atoms with Crippen LogP contribution in [0.5, 0.6) is 5.75 Å². The molecule has 0 spiro atoms. The Morgan fingerprint density at radius 1 is 1.18 bits per heavy atom. The summed E-state index contributed by atoms with van der Waals surface area (Å²) in [6.45, 7) is 0. The number of furan rings is 1. The molecule has 0 aliphatic rings. The molecule has 1 aromatic heterocycles. The van der Waals surface area contributed by atoms with E-state index in [0.29, 0.717) is 22.0 Å². The number of ether oxygens (including phenoxy) is 1. The number of carbonyl (C=O) groups is 1. The second-order valence-corrected chi connectivity index (χ2v) is 5.36. The van der Waals surface area contributed by atoms with E-state index in [1.165, 1.54) is 0 Å². The van der Waals surface area contributed by atoms with Gasteiger partial charge in [-0.05, 0) is 36.4 Å². The Hall–Kier alpha value is -2.17. The van der Waals surface area contributed by atoms with Gasteiger partial charge in [-0.3, -0.25) is 4.79 Å². The molecule has 3 aromatic rings. The minimum Gasteiger partial charge on any atom is -0.497 e. The highest BCUT2D eigenvalue weighted by Crippen LogP contribution is 2.30. The summed E-state index contributed by atoms with van der Waals surface area (Å²) in [5.41, 5.74) is 1.03. The first-order chi connectivity index (χ1) is 10.6. The molecule has 1 N–H and O–H groups in total. The monoisotopic (exact) mass is 335 g/mol. The molecule has 0 fully saturated rings. The van der Waals surface area contributed by atoms with Crippen molar-refractivity contribution in [1.82, 2.24) is 0 Å². The molecule has 3 rings (SSSR count). The molecule has 0 bridgehead atoms. The van der Waals surface area contributed by atoms with E-state index in [1.54, 1.807) is 49.6 Å². The summed E-state index contributed by atoms with van der Waals surface area (Å²) in [6, 6.07) is 12.0. The number of nitrogens with one attached hydrogen (secondary N) is 1. The van der Waals surface area contributed by atoms with Crippen molar-refractivity contribution < 1.29 is 13.9 Å². The van der Waals surface area contributed by atoms with E-state index in [4.69, 9.17) is 32.4 Å². The van der Waals surface area contributed by atoms with E-state index in [1.807, 2.05) is 0 Å². The molecule has 0 aliphatic carbocycles. The average Bonchev–Trinajstić information content (AvgIpc) is 2.94. The van der Waals surface area contributed by atoms with Crippen LogP contribution in [0.25, 0.3) is 11.0 Å². The smallest absolute Gasteiger partial charge is 0.291 e. The normalized spacial score (nSPS) is 10.7. The zero-order chi connectivity index (χ0) is 15.7. The maximum atomic E-state index is 12.3. The Bertz CT molecular complexity index is 858. The van der Waals surface area contributed by atoms with Crippen molar-refractivity contribution in [2.45, 2.75) is 0 Å². The van der Waals surface area contributed by atoms with Crippen molar-refractivity contribution in [2.75, 3.05) is 12.4 Å². The molecule has 0 atom stereocenters. The Balaban J connectivity index is 1.90. The van der Waals surface area contributed by atoms with Gasteiger partial charge >= 0.3 is 0 Å². The summed E-state index contributed by atoms with van der Waals surface area (Å²) in [6.07, 6.45) is 0. The lowest BCUT2D eigenvalue weighted by molar-refractivity contribution is 0.0998. The van der Waals surface area contributed by atoms with Crippen LogP contribution in [0.15, 0.2) is 46.9 Å². The standard InChI is InChI=1S/C16H11Cl2NO3/c1-21-10-5-6-13-9(7-10)8-14(22-13)16(20)19-12-4-2-3-11(17)15(12)18/h2-8H,1H3,(H,19,20). The van der Waals surface area contributed by atoms with Gasteiger partial charge in [0.25, 0.3) is 5.91 Å². The molecule has 2 aromatic carbocycles. The summed E-state index contributed by atoms with van der Waals surface area (Å²) in [5, 5.41) is 4.11. The maximum Gasteiger partial charge on any atom is 0.291 e. The number of anilines is 1. The lowest BCUT2D eigenvalue weighted by Gasteiger charge is -2.06. The van der Waals surface area contributed by atoms with Crippen molar-refractivity contribution in [2.24, 2.45) is 0 Å². The molecule has 1 amide bonds. The van der Waals surface area contributed by atoms with E-state index >= 15 is 0 Å². The van der Waals surface area contributed by atoms with Gasteiger partial charge in [0, 0.05) is 5.39 Å². The van der Waals surface area contributed by atoms with Gasteiger partial charge in [0.2, 0.25) is 0 Å². The minimum atomic E-state index is -0.403. The zero-order valence-electron chi connectivity index (χ0n) is 11.5. The van der Waals surface area contributed by atoms with Crippen LogP contribution in [-0.4, -0.2) is 13.0 Å². The number of fused-ring (bicyclic) bond motifs is 1. The van der Waals surface area contributed by atoms with Crippen LogP contribution in [0.1, 0.15) is 10.6 Å². The van der Waals surface area contributed by atoms with E-state index in [0.717, 1.165) is 5.39 Å². The number of hydrogen-bond donors (Lipinski definition) is 1. The first-order valence-electron chi connectivity index (χ1n) is 6.41. The van der Waals surface area contributed by atoms with Crippen molar-refractivity contribution in [3.8, 4) is 5.75 Å². The molecular weight excluding hydrogens is 325 g/mol. The third kappa shape index (κ3) is 2.75. The predicted octanol–water partition coefficient (Wildman–Crippen LogP) is 5.00. The first kappa shape index (κ1) is 14.8. The molecule has 0 radical (unpaired) electrons. The maximum absolute atomic E-state index is 12.3. The van der Waals surface area contributed by atoms with Crippen molar-refractivity contribution in [3.05, 3.63) is 58.3 Å². The molecule has 0 unspecified atom stereocenters. The summed E-state index contributed by atoms with van der Waals surface area (Å²) >= 11 is 12.0. The molecule has 22 heavy (non-hydrogen) atoms. The highest BCUT2D eigenvalue weighted by atomic mass is 35.5. The summed E-state index contributed by atoms with van der Waals surface area (Å²) in [4.78, 5) is 12.3. The fourth-order valence-corrected chi connectivity index (χ4v) is 2.39. The number of hydrogen-bond acceptors (Lipinski definition) is 3. The molecule has 0 saturated carbocycles. The predicted molar refractivity (Wildman–Crippen MR) is 87.2 cm³/mol. The highest BCUT2D eigenvalue weighted by Gasteiger charge is 2.15. The van der Waals surface area contributed by atoms with Gasteiger partial charge in [0.05, 0.1) is 22.8 Å². The van der Waals surface area contributed by atoms with Gasteiger partial charge in [-0.2, -0.15) is 0 Å². The van der Waals surface area contributed by atoms with Crippen LogP contribution in [0, 0.1) is 0 Å². The second kappa shape index (κ2) is 5.91. The third-order valence-corrected chi connectivity index (χ3v) is 3.97. The van der Waals surface area contributed by atoms with Crippen LogP contribution in [0.2, 0.25) is 10.0 Å². The van der Waals surface area contributed by atoms with Gasteiger partial charge in [-0.1, -0.05) is 29.3 Å². The average molecular weight is 336 g/mol. The van der Waals surface area contributed by atoms with E-state index in [9.17, 15) is 4.79 Å². The third-order valence-electron chi connectivity index (χ3n) is 3.15. The number of rotatable bonds is 3. The number of benzene rings is 2.